The van der Waals surface area contributed by atoms with Crippen molar-refractivity contribution in [1.29, 1.82) is 0 Å². The summed E-state index contributed by atoms with van der Waals surface area (Å²) in [6.45, 7) is 2.22. The van der Waals surface area contributed by atoms with Crippen LogP contribution >= 0.6 is 0 Å². The molecule has 152 valence electrons. The topological polar surface area (TPSA) is 69.7 Å². The number of hydrogen-bond acceptors (Lipinski definition) is 4. The van der Waals surface area contributed by atoms with E-state index in [2.05, 4.69) is 22.3 Å². The minimum Gasteiger partial charge on any atom is -0.371 e. The smallest absolute Gasteiger partial charge is 0.331 e. The molecule has 3 heterocycles. The molecular weight excluding hydrogens is 366 g/mol. The number of nitrogens with one attached hydrogen (secondary N) is 1. The van der Waals surface area contributed by atoms with E-state index in [0.717, 1.165) is 76.4 Å². The fraction of sp³-hybridized carbons (Fsp3) is 0.522. The molecule has 0 radical (unpaired) electrons. The lowest BCUT2D eigenvalue weighted by Gasteiger charge is -2.37. The molecule has 6 nitrogen and oxygen atoms in total. The molecular formula is C23H27N3O3. The Hall–Kier alpha value is -2.63. The molecule has 1 saturated carbocycles. The largest absolute Gasteiger partial charge is 0.371 e. The first-order valence-electron chi connectivity index (χ1n) is 10.9. The van der Waals surface area contributed by atoms with Crippen molar-refractivity contribution in [1.82, 2.24) is 10.2 Å². The lowest BCUT2D eigenvalue weighted by atomic mass is 9.89. The Morgan fingerprint density at radius 2 is 1.55 bits per heavy atom. The fourth-order valence-corrected chi connectivity index (χ4v) is 5.42. The SMILES string of the molecule is O=C1NC(=O)N(C2CCCCC2)C(=O)/C1=C\c1cc2c3c(c1)CCCN3CCC2. The maximum Gasteiger partial charge on any atom is 0.331 e. The number of aryl methyl sites for hydroxylation is 2. The molecule has 4 aliphatic rings. The van der Waals surface area contributed by atoms with Gasteiger partial charge in [-0.05, 0) is 73.4 Å². The minimum atomic E-state index is -0.583. The van der Waals surface area contributed by atoms with Gasteiger partial charge in [-0.15, -0.1) is 0 Å². The molecule has 0 bridgehead atoms. The van der Waals surface area contributed by atoms with Gasteiger partial charge in [-0.1, -0.05) is 19.3 Å². The van der Waals surface area contributed by atoms with Gasteiger partial charge in [0.05, 0.1) is 0 Å². The summed E-state index contributed by atoms with van der Waals surface area (Å²) in [5, 5.41) is 2.39. The molecule has 29 heavy (non-hydrogen) atoms. The number of urea groups is 1. The average Bonchev–Trinajstić information content (AvgIpc) is 2.72. The number of carbonyl (C=O) groups excluding carboxylic acids is 3. The van der Waals surface area contributed by atoms with Crippen molar-refractivity contribution in [2.24, 2.45) is 0 Å². The maximum absolute atomic E-state index is 13.1. The number of amides is 4. The van der Waals surface area contributed by atoms with E-state index in [-0.39, 0.29) is 11.6 Å². The van der Waals surface area contributed by atoms with Gasteiger partial charge < -0.3 is 4.90 Å². The summed E-state index contributed by atoms with van der Waals surface area (Å²) in [6, 6.07) is 3.56. The number of rotatable bonds is 2. The van der Waals surface area contributed by atoms with Crippen LogP contribution < -0.4 is 10.2 Å². The first kappa shape index (κ1) is 18.4. The fourth-order valence-electron chi connectivity index (χ4n) is 5.42. The summed E-state index contributed by atoms with van der Waals surface area (Å²) in [5.41, 5.74) is 4.95. The minimum absolute atomic E-state index is 0.0748. The Labute approximate surface area is 170 Å². The second-order valence-electron chi connectivity index (χ2n) is 8.67. The predicted molar refractivity (Wildman–Crippen MR) is 111 cm³/mol. The Morgan fingerprint density at radius 3 is 2.21 bits per heavy atom. The van der Waals surface area contributed by atoms with Crippen LogP contribution in [-0.2, 0) is 22.4 Å². The van der Waals surface area contributed by atoms with Gasteiger partial charge in [0.2, 0.25) is 0 Å². The summed E-state index contributed by atoms with van der Waals surface area (Å²) in [5.74, 6) is -1.03. The molecule has 1 N–H and O–H groups in total. The normalized spacial score (nSPS) is 24.0. The number of carbonyl (C=O) groups is 3. The van der Waals surface area contributed by atoms with Crippen molar-refractivity contribution in [2.45, 2.75) is 63.8 Å². The Morgan fingerprint density at radius 1 is 0.897 bits per heavy atom. The molecule has 0 atom stereocenters. The molecule has 0 aromatic heterocycles. The number of hydrogen-bond donors (Lipinski definition) is 1. The first-order valence-corrected chi connectivity index (χ1v) is 10.9. The Balaban J connectivity index is 1.50. The zero-order valence-corrected chi connectivity index (χ0v) is 16.7. The van der Waals surface area contributed by atoms with Crippen LogP contribution in [0.15, 0.2) is 17.7 Å². The summed E-state index contributed by atoms with van der Waals surface area (Å²) in [4.78, 5) is 41.8. The molecule has 1 aromatic carbocycles. The lowest BCUT2D eigenvalue weighted by Crippen LogP contribution is -2.58. The molecule has 6 heteroatoms. The number of imide groups is 2. The lowest BCUT2D eigenvalue weighted by molar-refractivity contribution is -0.132. The van der Waals surface area contributed by atoms with E-state index in [0.29, 0.717) is 0 Å². The molecule has 0 unspecified atom stereocenters. The number of nitrogens with zero attached hydrogens (tertiary/aromatic N) is 2. The maximum atomic E-state index is 13.1. The van der Waals surface area contributed by atoms with Gasteiger partial charge in [0.15, 0.2) is 0 Å². The van der Waals surface area contributed by atoms with Crippen LogP contribution in [0, 0.1) is 0 Å². The Kier molecular flexibility index (Phi) is 4.64. The van der Waals surface area contributed by atoms with E-state index in [4.69, 9.17) is 0 Å². The van der Waals surface area contributed by atoms with Gasteiger partial charge in [0.1, 0.15) is 5.57 Å². The molecule has 1 aromatic rings. The van der Waals surface area contributed by atoms with Crippen molar-refractivity contribution >= 4 is 29.6 Å². The van der Waals surface area contributed by atoms with Crippen LogP contribution in [-0.4, -0.2) is 41.9 Å². The van der Waals surface area contributed by atoms with Crippen LogP contribution in [0.4, 0.5) is 10.5 Å². The van der Waals surface area contributed by atoms with E-state index >= 15 is 0 Å². The van der Waals surface area contributed by atoms with Crippen molar-refractivity contribution in [3.63, 3.8) is 0 Å². The monoisotopic (exact) mass is 393 g/mol. The third kappa shape index (κ3) is 3.24. The molecule has 4 amide bonds. The van der Waals surface area contributed by atoms with Gasteiger partial charge in [-0.25, -0.2) is 4.79 Å². The zero-order valence-electron chi connectivity index (χ0n) is 16.7. The first-order chi connectivity index (χ1) is 14.1. The van der Waals surface area contributed by atoms with Gasteiger partial charge >= 0.3 is 6.03 Å². The second kappa shape index (κ2) is 7.32. The highest BCUT2D eigenvalue weighted by Gasteiger charge is 2.40. The molecule has 3 aliphatic heterocycles. The van der Waals surface area contributed by atoms with Gasteiger partial charge in [-0.2, -0.15) is 0 Å². The number of benzene rings is 1. The molecule has 1 aliphatic carbocycles. The molecule has 1 saturated heterocycles. The van der Waals surface area contributed by atoms with Gasteiger partial charge in [0.25, 0.3) is 11.8 Å². The van der Waals surface area contributed by atoms with E-state index in [1.165, 1.54) is 21.7 Å². The van der Waals surface area contributed by atoms with Crippen molar-refractivity contribution in [3.8, 4) is 0 Å². The number of barbiturate groups is 1. The van der Waals surface area contributed by atoms with Crippen molar-refractivity contribution < 1.29 is 14.4 Å². The zero-order chi connectivity index (χ0) is 20.0. The quantitative estimate of drug-likeness (QED) is 0.619. The predicted octanol–water partition coefficient (Wildman–Crippen LogP) is 3.18. The van der Waals surface area contributed by atoms with Crippen molar-refractivity contribution in [2.75, 3.05) is 18.0 Å². The van der Waals surface area contributed by atoms with Crippen LogP contribution in [0.25, 0.3) is 6.08 Å². The summed E-state index contributed by atoms with van der Waals surface area (Å²) in [7, 11) is 0. The van der Waals surface area contributed by atoms with Crippen LogP contribution in [0.2, 0.25) is 0 Å². The summed E-state index contributed by atoms with van der Waals surface area (Å²) >= 11 is 0. The van der Waals surface area contributed by atoms with Crippen LogP contribution in [0.5, 0.6) is 0 Å². The third-order valence-electron chi connectivity index (χ3n) is 6.74. The average molecular weight is 393 g/mol. The van der Waals surface area contributed by atoms with E-state index in [1.54, 1.807) is 6.08 Å². The summed E-state index contributed by atoms with van der Waals surface area (Å²) < 4.78 is 0. The molecule has 2 fully saturated rings. The third-order valence-corrected chi connectivity index (χ3v) is 6.74. The number of anilines is 1. The van der Waals surface area contributed by atoms with Gasteiger partial charge in [0, 0.05) is 24.8 Å². The highest BCUT2D eigenvalue weighted by molar-refractivity contribution is 6.31. The molecule has 5 rings (SSSR count). The Bertz CT molecular complexity index is 883. The van der Waals surface area contributed by atoms with Crippen LogP contribution in [0.3, 0.4) is 0 Å². The van der Waals surface area contributed by atoms with Crippen LogP contribution in [0.1, 0.15) is 61.6 Å². The molecule has 0 spiro atoms. The highest BCUT2D eigenvalue weighted by Crippen LogP contribution is 2.36. The van der Waals surface area contributed by atoms with Gasteiger partial charge in [-0.3, -0.25) is 19.8 Å². The van der Waals surface area contributed by atoms with Crippen molar-refractivity contribution in [3.05, 3.63) is 34.4 Å². The van der Waals surface area contributed by atoms with E-state index in [9.17, 15) is 14.4 Å². The second-order valence-corrected chi connectivity index (χ2v) is 8.67. The standard InChI is InChI=1S/C23H27N3O3/c27-21-19(22(28)26(23(29)24-21)18-8-2-1-3-9-18)14-15-12-16-6-4-10-25-11-5-7-17(13-15)20(16)25/h12-14,18H,1-11H2,(H,24,27,29)/b19-14-. The van der Waals surface area contributed by atoms with E-state index < -0.39 is 17.8 Å². The highest BCUT2D eigenvalue weighted by atomic mass is 16.2. The van der Waals surface area contributed by atoms with E-state index in [1.807, 2.05) is 0 Å². The summed E-state index contributed by atoms with van der Waals surface area (Å²) in [6.07, 6.45) is 10.8.